The minimum Gasteiger partial charge on any atom is -0.197 e. The molecule has 0 unspecified atom stereocenters. The van der Waals surface area contributed by atoms with Gasteiger partial charge in [-0.2, -0.15) is 74.0 Å². The van der Waals surface area contributed by atoms with Crippen LogP contribution in [0.2, 0.25) is 0 Å². The standard InChI is InChI=1S/3C4H10S.C3H6.C2H6.2CH4S.H2S/c3*1-3-4-5-2;1-3-2;3*1-2;/h3*3-4H2,1-2H3;3H,1H2,2H3;1-2H3;2*2H,1H3;1H2. The summed E-state index contributed by atoms with van der Waals surface area (Å²) < 4.78 is 0. The molecule has 0 amide bonds. The van der Waals surface area contributed by atoms with Crippen molar-refractivity contribution in [3.63, 3.8) is 0 Å². The van der Waals surface area contributed by atoms with E-state index in [0.717, 1.165) is 0 Å². The molecule has 0 aromatic rings. The molecule has 0 heterocycles. The largest absolute Gasteiger partial charge is 0.197 e. The molecule has 0 aliphatic heterocycles. The highest BCUT2D eigenvalue weighted by Gasteiger charge is 1.68. The number of hydrogen-bond acceptors (Lipinski definition) is 5. The molecule has 0 N–H and O–H groups in total. The Morgan fingerprint density at radius 3 is 0.800 bits per heavy atom. The third-order valence-electron chi connectivity index (χ3n) is 1.22. The van der Waals surface area contributed by atoms with Crippen molar-refractivity contribution in [1.82, 2.24) is 0 Å². The Balaban J connectivity index is -0.0000000233. The van der Waals surface area contributed by atoms with Crippen LogP contribution >= 0.6 is 74.0 Å². The van der Waals surface area contributed by atoms with E-state index in [9.17, 15) is 0 Å². The van der Waals surface area contributed by atoms with Crippen LogP contribution in [0.5, 0.6) is 0 Å². The Labute approximate surface area is 195 Å². The van der Waals surface area contributed by atoms with Crippen molar-refractivity contribution in [2.24, 2.45) is 0 Å². The van der Waals surface area contributed by atoms with E-state index in [1.807, 2.05) is 56.1 Å². The van der Waals surface area contributed by atoms with E-state index in [0.29, 0.717) is 0 Å². The molecule has 0 saturated carbocycles. The normalized spacial score (nSPS) is 6.28. The Morgan fingerprint density at radius 2 is 0.800 bits per heavy atom. The molecule has 164 valence electrons. The predicted octanol–water partition coefficient (Wildman–Crippen LogP) is 8.70. The fourth-order valence-electron chi connectivity index (χ4n) is 0.612. The van der Waals surface area contributed by atoms with Crippen molar-refractivity contribution in [3.05, 3.63) is 12.7 Å². The Morgan fingerprint density at radius 1 is 0.680 bits per heavy atom. The molecule has 0 atom stereocenters. The van der Waals surface area contributed by atoms with Gasteiger partial charge >= 0.3 is 0 Å². The smallest absolute Gasteiger partial charge is 0.00729 e. The van der Waals surface area contributed by atoms with Crippen molar-refractivity contribution in [1.29, 1.82) is 0 Å². The fraction of sp³-hybridized carbons (Fsp3) is 0.895. The van der Waals surface area contributed by atoms with Gasteiger partial charge in [0.25, 0.3) is 0 Å². The molecule has 0 fully saturated rings. The summed E-state index contributed by atoms with van der Waals surface area (Å²) in [6.45, 7) is 15.8. The third kappa shape index (κ3) is 239. The van der Waals surface area contributed by atoms with Crippen molar-refractivity contribution >= 4 is 74.0 Å². The summed E-state index contributed by atoms with van der Waals surface area (Å²) in [5, 5.41) is 0. The zero-order chi connectivity index (χ0) is 21.1. The van der Waals surface area contributed by atoms with E-state index in [-0.39, 0.29) is 13.5 Å². The molecule has 0 radical (unpaired) electrons. The highest BCUT2D eigenvalue weighted by atomic mass is 32.2. The van der Waals surface area contributed by atoms with Gasteiger partial charge in [0.2, 0.25) is 0 Å². The molecular weight excluding hydrogens is 421 g/mol. The Bertz CT molecular complexity index is 83.7. The molecule has 0 rings (SSSR count). The summed E-state index contributed by atoms with van der Waals surface area (Å²) in [5.74, 6) is 3.92. The van der Waals surface area contributed by atoms with Crippen molar-refractivity contribution in [2.45, 2.75) is 60.8 Å². The zero-order valence-corrected chi connectivity index (χ0v) is 24.4. The topological polar surface area (TPSA) is 0 Å². The average molecular weight is 473 g/mol. The monoisotopic (exact) mass is 472 g/mol. The van der Waals surface area contributed by atoms with E-state index < -0.39 is 0 Å². The van der Waals surface area contributed by atoms with Crippen LogP contribution in [-0.2, 0) is 0 Å². The van der Waals surface area contributed by atoms with Crippen LogP contribution in [0.4, 0.5) is 0 Å². The first-order chi connectivity index (χ1) is 11.7. The maximum atomic E-state index is 3.53. The van der Waals surface area contributed by atoms with E-state index in [2.05, 4.69) is 71.4 Å². The summed E-state index contributed by atoms with van der Waals surface area (Å²) in [7, 11) is 0. The van der Waals surface area contributed by atoms with Gasteiger partial charge in [-0.25, -0.2) is 0 Å². The van der Waals surface area contributed by atoms with Gasteiger partial charge < -0.3 is 0 Å². The van der Waals surface area contributed by atoms with Gasteiger partial charge in [0.1, 0.15) is 0 Å². The van der Waals surface area contributed by atoms with E-state index in [4.69, 9.17) is 0 Å². The molecule has 6 heteroatoms. The molecule has 0 nitrogen and oxygen atoms in total. The molecule has 0 aromatic heterocycles. The summed E-state index contributed by atoms with van der Waals surface area (Å²) in [6, 6.07) is 0. The van der Waals surface area contributed by atoms with Crippen LogP contribution in [0.3, 0.4) is 0 Å². The van der Waals surface area contributed by atoms with Gasteiger partial charge in [-0.05, 0) is 74.7 Å². The minimum atomic E-state index is 0. The SMILES string of the molecule is C=CC.CC.CCCSC.CCCSC.CCCSC.CS.CS.S. The minimum absolute atomic E-state index is 0. The van der Waals surface area contributed by atoms with Crippen LogP contribution in [0.25, 0.3) is 0 Å². The molecule has 0 bridgehead atoms. The maximum Gasteiger partial charge on any atom is -0.00729 e. The Kier molecular flexibility index (Phi) is 230. The highest BCUT2D eigenvalue weighted by Crippen LogP contribution is 1.92. The summed E-state index contributed by atoms with van der Waals surface area (Å²) >= 11 is 12.8. The lowest BCUT2D eigenvalue weighted by Gasteiger charge is -1.80. The number of rotatable bonds is 6. The zero-order valence-electron chi connectivity index (χ0n) is 19.1. The lowest BCUT2D eigenvalue weighted by molar-refractivity contribution is 1.11. The highest BCUT2D eigenvalue weighted by molar-refractivity contribution is 7.98. The van der Waals surface area contributed by atoms with Gasteiger partial charge in [-0.1, -0.05) is 40.7 Å². The predicted molar refractivity (Wildman–Crippen MR) is 153 cm³/mol. The first-order valence-corrected chi connectivity index (χ1v) is 14.6. The molecule has 0 aliphatic rings. The second-order valence-corrected chi connectivity index (χ2v) is 6.34. The Hall–Kier alpha value is 1.84. The number of allylic oxidation sites excluding steroid dienone is 1. The van der Waals surface area contributed by atoms with Gasteiger partial charge in [0, 0.05) is 0 Å². The van der Waals surface area contributed by atoms with Crippen LogP contribution in [-0.4, -0.2) is 48.5 Å². The quantitative estimate of drug-likeness (QED) is 0.293. The second kappa shape index (κ2) is 114. The molecular formula is C19H52S6. The van der Waals surface area contributed by atoms with Crippen molar-refractivity contribution in [2.75, 3.05) is 48.5 Å². The van der Waals surface area contributed by atoms with Crippen LogP contribution in [0, 0.1) is 0 Å². The summed E-state index contributed by atoms with van der Waals surface area (Å²) in [6.07, 6.45) is 15.4. The molecule has 0 spiro atoms. The van der Waals surface area contributed by atoms with E-state index in [1.165, 1.54) is 36.5 Å². The number of hydrogen-bond donors (Lipinski definition) is 2. The van der Waals surface area contributed by atoms with E-state index in [1.54, 1.807) is 18.6 Å². The van der Waals surface area contributed by atoms with Gasteiger partial charge in [-0.15, -0.1) is 6.58 Å². The summed E-state index contributed by atoms with van der Waals surface area (Å²) in [5.41, 5.74) is 0. The molecule has 0 saturated heterocycles. The lowest BCUT2D eigenvalue weighted by atomic mass is 10.6. The first-order valence-electron chi connectivity index (χ1n) is 8.59. The van der Waals surface area contributed by atoms with Crippen LogP contribution < -0.4 is 0 Å². The number of thioether (sulfide) groups is 3. The number of thiol groups is 2. The maximum absolute atomic E-state index is 3.53. The second-order valence-electron chi connectivity index (χ2n) is 3.39. The fourth-order valence-corrected chi connectivity index (χ4v) is 1.84. The van der Waals surface area contributed by atoms with Crippen molar-refractivity contribution < 1.29 is 0 Å². The lowest BCUT2D eigenvalue weighted by Crippen LogP contribution is -1.64. The van der Waals surface area contributed by atoms with Crippen molar-refractivity contribution in [3.8, 4) is 0 Å². The molecule has 0 aromatic carbocycles. The van der Waals surface area contributed by atoms with E-state index >= 15 is 0 Å². The van der Waals surface area contributed by atoms with Crippen LogP contribution in [0.1, 0.15) is 60.8 Å². The van der Waals surface area contributed by atoms with Gasteiger partial charge in [0.05, 0.1) is 0 Å². The molecule has 0 aliphatic carbocycles. The van der Waals surface area contributed by atoms with Gasteiger partial charge in [-0.3, -0.25) is 0 Å². The first kappa shape index (κ1) is 50.5. The average Bonchev–Trinajstić information content (AvgIpc) is 2.64. The van der Waals surface area contributed by atoms with Crippen LogP contribution in [0.15, 0.2) is 12.7 Å². The third-order valence-corrected chi connectivity index (χ3v) is 3.67. The van der Waals surface area contributed by atoms with Gasteiger partial charge in [0.15, 0.2) is 0 Å². The molecule has 25 heavy (non-hydrogen) atoms. The summed E-state index contributed by atoms with van der Waals surface area (Å²) in [4.78, 5) is 0.